The molecule has 1 unspecified atom stereocenters. The van der Waals surface area contributed by atoms with E-state index in [1.54, 1.807) is 30.5 Å². The lowest BCUT2D eigenvalue weighted by atomic mass is 10.0. The molecule has 35 heavy (non-hydrogen) atoms. The molecule has 5 rings (SSSR count). The Morgan fingerprint density at radius 1 is 1.06 bits per heavy atom. The van der Waals surface area contributed by atoms with Gasteiger partial charge in [0.05, 0.1) is 5.56 Å². The quantitative estimate of drug-likeness (QED) is 0.464. The molecular weight excluding hydrogens is 470 g/mol. The number of nitrogens with zero attached hydrogens (tertiary/aromatic N) is 4. The number of anilines is 2. The van der Waals surface area contributed by atoms with Crippen molar-refractivity contribution in [1.82, 2.24) is 24.5 Å². The Morgan fingerprint density at radius 2 is 1.89 bits per heavy atom. The minimum atomic E-state index is -4.22. The van der Waals surface area contributed by atoms with Crippen LogP contribution in [0.3, 0.4) is 0 Å². The van der Waals surface area contributed by atoms with Gasteiger partial charge >= 0.3 is 0 Å². The van der Waals surface area contributed by atoms with Crippen molar-refractivity contribution in [2.24, 2.45) is 0 Å². The minimum Gasteiger partial charge on any atom is -0.370 e. The summed E-state index contributed by atoms with van der Waals surface area (Å²) in [7, 11) is -4.22. The maximum Gasteiger partial charge on any atom is 0.281 e. The van der Waals surface area contributed by atoms with Gasteiger partial charge in [-0.05, 0) is 63.8 Å². The number of rotatable bonds is 1. The average molecular weight is 498 g/mol. The SMILES string of the molecule is CC1(C)CCC2CCCNc3cccc(n3)S(=O)(=O)NC(=O)c3ccc(-n4ccc(=O)[nH]4)nc3N21. The molecule has 2 aliphatic rings. The third-order valence-corrected chi connectivity index (χ3v) is 7.77. The first-order valence-electron chi connectivity index (χ1n) is 11.5. The van der Waals surface area contributed by atoms with Gasteiger partial charge in [-0.15, -0.1) is 0 Å². The molecule has 0 aliphatic carbocycles. The number of nitrogens with one attached hydrogen (secondary N) is 3. The third kappa shape index (κ3) is 4.41. The number of carbonyl (C=O) groups excluding carboxylic acids is 1. The molecule has 12 heteroatoms. The number of pyridine rings is 2. The molecule has 3 aromatic rings. The van der Waals surface area contributed by atoms with Crippen LogP contribution in [0.4, 0.5) is 11.6 Å². The highest BCUT2D eigenvalue weighted by Crippen LogP contribution is 2.40. The predicted molar refractivity (Wildman–Crippen MR) is 130 cm³/mol. The van der Waals surface area contributed by atoms with E-state index in [0.29, 0.717) is 24.0 Å². The van der Waals surface area contributed by atoms with E-state index in [2.05, 4.69) is 38.9 Å². The summed E-state index contributed by atoms with van der Waals surface area (Å²) in [4.78, 5) is 36.1. The first-order chi connectivity index (χ1) is 16.6. The molecule has 11 nitrogen and oxygen atoms in total. The predicted octanol–water partition coefficient (Wildman–Crippen LogP) is 2.03. The molecule has 0 aromatic carbocycles. The summed E-state index contributed by atoms with van der Waals surface area (Å²) in [6, 6.07) is 9.23. The van der Waals surface area contributed by atoms with E-state index in [4.69, 9.17) is 4.98 Å². The van der Waals surface area contributed by atoms with Crippen LogP contribution in [0.2, 0.25) is 0 Å². The highest BCUT2D eigenvalue weighted by atomic mass is 32.2. The van der Waals surface area contributed by atoms with Gasteiger partial charge in [0.2, 0.25) is 0 Å². The van der Waals surface area contributed by atoms with Crippen LogP contribution < -0.4 is 20.5 Å². The van der Waals surface area contributed by atoms with Gasteiger partial charge in [0.15, 0.2) is 10.8 Å². The molecule has 1 fully saturated rings. The Kier molecular flexibility index (Phi) is 5.62. The molecular formula is C23H27N7O4S. The van der Waals surface area contributed by atoms with Gasteiger partial charge in [0.25, 0.3) is 21.5 Å². The summed E-state index contributed by atoms with van der Waals surface area (Å²) >= 11 is 0. The van der Waals surface area contributed by atoms with Gasteiger partial charge in [-0.1, -0.05) is 6.07 Å². The van der Waals surface area contributed by atoms with Crippen molar-refractivity contribution in [2.75, 3.05) is 16.8 Å². The molecule has 3 aromatic heterocycles. The van der Waals surface area contributed by atoms with Gasteiger partial charge in [-0.25, -0.2) is 19.4 Å². The second kappa shape index (κ2) is 8.52. The molecule has 3 N–H and O–H groups in total. The molecule has 1 saturated heterocycles. The van der Waals surface area contributed by atoms with E-state index in [-0.39, 0.29) is 27.7 Å². The number of hydrogen-bond acceptors (Lipinski definition) is 8. The summed E-state index contributed by atoms with van der Waals surface area (Å²) in [5.74, 6) is 0.441. The molecule has 0 spiro atoms. The summed E-state index contributed by atoms with van der Waals surface area (Å²) in [5.41, 5.74) is -0.458. The highest BCUT2D eigenvalue weighted by molar-refractivity contribution is 7.90. The fraction of sp³-hybridized carbons (Fsp3) is 0.391. The van der Waals surface area contributed by atoms with E-state index in [9.17, 15) is 18.0 Å². The van der Waals surface area contributed by atoms with Crippen LogP contribution in [-0.2, 0) is 10.0 Å². The Bertz CT molecular complexity index is 1440. The largest absolute Gasteiger partial charge is 0.370 e. The van der Waals surface area contributed by atoms with Gasteiger partial charge < -0.3 is 10.2 Å². The van der Waals surface area contributed by atoms with Crippen molar-refractivity contribution in [2.45, 2.75) is 56.1 Å². The topological polar surface area (TPSA) is 142 Å². The standard InChI is InChI=1S/C23H27N7O4S/c1-23(2)12-10-15-5-4-13-24-17-6-3-7-20(25-17)35(33,34)28-22(32)16-8-9-18(26-21(16)30(15)23)29-14-11-19(31)27-29/h3,6-9,11,14-15H,4-5,10,12-13H2,1-2H3,(H,24,25)(H,27,31)(H,28,32). The second-order valence-electron chi connectivity index (χ2n) is 9.44. The van der Waals surface area contributed by atoms with E-state index >= 15 is 0 Å². The van der Waals surface area contributed by atoms with Crippen LogP contribution in [0.1, 0.15) is 49.9 Å². The number of hydrogen-bond donors (Lipinski definition) is 3. The zero-order valence-electron chi connectivity index (χ0n) is 19.5. The summed E-state index contributed by atoms with van der Waals surface area (Å²) in [6.45, 7) is 4.80. The maximum absolute atomic E-state index is 13.4. The number of sulfonamides is 1. The van der Waals surface area contributed by atoms with Crippen LogP contribution in [0, 0.1) is 0 Å². The summed E-state index contributed by atoms with van der Waals surface area (Å²) < 4.78 is 29.6. The minimum absolute atomic E-state index is 0.101. The van der Waals surface area contributed by atoms with E-state index in [1.807, 2.05) is 0 Å². The van der Waals surface area contributed by atoms with Crippen LogP contribution in [0.5, 0.6) is 0 Å². The molecule has 0 radical (unpaired) electrons. The van der Waals surface area contributed by atoms with Gasteiger partial charge in [0.1, 0.15) is 11.6 Å². The van der Waals surface area contributed by atoms with Crippen molar-refractivity contribution in [1.29, 1.82) is 0 Å². The van der Waals surface area contributed by atoms with Crippen molar-refractivity contribution < 1.29 is 13.2 Å². The smallest absolute Gasteiger partial charge is 0.281 e. The number of carbonyl (C=O) groups is 1. The molecule has 0 saturated carbocycles. The van der Waals surface area contributed by atoms with E-state index in [1.165, 1.54) is 16.8 Å². The first kappa shape index (κ1) is 23.1. The molecule has 2 aliphatic heterocycles. The van der Waals surface area contributed by atoms with Gasteiger partial charge in [0, 0.05) is 30.4 Å². The zero-order chi connectivity index (χ0) is 24.8. The second-order valence-corrected chi connectivity index (χ2v) is 11.1. The Labute approximate surface area is 202 Å². The molecule has 2 bridgehead atoms. The van der Waals surface area contributed by atoms with Crippen LogP contribution in [0.15, 0.2) is 52.4 Å². The Morgan fingerprint density at radius 3 is 2.66 bits per heavy atom. The average Bonchev–Trinajstić information content (AvgIpc) is 3.38. The summed E-state index contributed by atoms with van der Waals surface area (Å²) in [5, 5.41) is 5.59. The molecule has 1 amide bonds. The fourth-order valence-corrected chi connectivity index (χ4v) is 5.78. The number of H-pyrrole nitrogens is 1. The lowest BCUT2D eigenvalue weighted by Gasteiger charge is -2.38. The number of aromatic amines is 1. The van der Waals surface area contributed by atoms with Gasteiger partial charge in [-0.2, -0.15) is 8.42 Å². The highest BCUT2D eigenvalue weighted by Gasteiger charge is 2.42. The number of fused-ring (bicyclic) bond motifs is 5. The normalized spacial score (nSPS) is 21.3. The van der Waals surface area contributed by atoms with Crippen molar-refractivity contribution in [3.63, 3.8) is 0 Å². The third-order valence-electron chi connectivity index (χ3n) is 6.54. The van der Waals surface area contributed by atoms with Crippen LogP contribution in [-0.4, -0.2) is 52.2 Å². The number of aromatic nitrogens is 4. The lowest BCUT2D eigenvalue weighted by Crippen LogP contribution is -2.45. The van der Waals surface area contributed by atoms with Crippen molar-refractivity contribution in [3.05, 3.63) is 58.5 Å². The Balaban J connectivity index is 1.66. The molecule has 184 valence electrons. The zero-order valence-corrected chi connectivity index (χ0v) is 20.3. The maximum atomic E-state index is 13.4. The van der Waals surface area contributed by atoms with Crippen LogP contribution >= 0.6 is 0 Å². The van der Waals surface area contributed by atoms with E-state index in [0.717, 1.165) is 25.7 Å². The van der Waals surface area contributed by atoms with Crippen LogP contribution in [0.25, 0.3) is 5.82 Å². The van der Waals surface area contributed by atoms with Gasteiger partial charge in [-0.3, -0.25) is 14.7 Å². The fourth-order valence-electron chi connectivity index (χ4n) is 4.85. The monoisotopic (exact) mass is 497 g/mol. The molecule has 1 atom stereocenters. The summed E-state index contributed by atoms with van der Waals surface area (Å²) in [6.07, 6.45) is 5.02. The molecule has 5 heterocycles. The number of amides is 1. The van der Waals surface area contributed by atoms with Crippen molar-refractivity contribution >= 4 is 27.6 Å². The lowest BCUT2D eigenvalue weighted by molar-refractivity contribution is 0.0981. The van der Waals surface area contributed by atoms with E-state index < -0.39 is 15.9 Å². The first-order valence-corrected chi connectivity index (χ1v) is 13.0. The van der Waals surface area contributed by atoms with Crippen molar-refractivity contribution in [3.8, 4) is 5.82 Å². The Hall–Kier alpha value is -3.67.